The van der Waals surface area contributed by atoms with Crippen molar-refractivity contribution in [3.05, 3.63) is 28.3 Å². The molecule has 5 nitrogen and oxygen atoms in total. The van der Waals surface area contributed by atoms with Gasteiger partial charge >= 0.3 is 6.01 Å². The van der Waals surface area contributed by atoms with Crippen LogP contribution in [0.4, 0.5) is 6.01 Å². The molecule has 0 atom stereocenters. The van der Waals surface area contributed by atoms with Crippen LogP contribution in [0.1, 0.15) is 24.6 Å². The van der Waals surface area contributed by atoms with E-state index in [2.05, 4.69) is 40.8 Å². The fourth-order valence-corrected chi connectivity index (χ4v) is 2.22. The van der Waals surface area contributed by atoms with Crippen molar-refractivity contribution in [2.24, 2.45) is 0 Å². The minimum Gasteiger partial charge on any atom is -0.407 e. The predicted octanol–water partition coefficient (Wildman–Crippen LogP) is 2.27. The van der Waals surface area contributed by atoms with E-state index in [1.54, 1.807) is 11.3 Å². The van der Waals surface area contributed by atoms with Gasteiger partial charge in [-0.15, -0.1) is 16.4 Å². The Bertz CT molecular complexity index is 466. The van der Waals surface area contributed by atoms with E-state index in [-0.39, 0.29) is 0 Å². The highest BCUT2D eigenvalue weighted by Crippen LogP contribution is 2.16. The largest absolute Gasteiger partial charge is 0.407 e. The van der Waals surface area contributed by atoms with Gasteiger partial charge in [0.05, 0.1) is 13.1 Å². The Labute approximate surface area is 111 Å². The second-order valence-electron chi connectivity index (χ2n) is 4.45. The first-order valence-corrected chi connectivity index (χ1v) is 6.82. The molecule has 2 rings (SSSR count). The van der Waals surface area contributed by atoms with E-state index in [1.807, 2.05) is 18.0 Å². The third-order valence-electron chi connectivity index (χ3n) is 2.42. The maximum Gasteiger partial charge on any atom is 0.318 e. The highest BCUT2D eigenvalue weighted by Gasteiger charge is 2.11. The zero-order valence-electron chi connectivity index (χ0n) is 10.9. The van der Waals surface area contributed by atoms with Gasteiger partial charge in [-0.1, -0.05) is 25.0 Å². The second kappa shape index (κ2) is 5.97. The van der Waals surface area contributed by atoms with Gasteiger partial charge in [0.15, 0.2) is 0 Å². The summed E-state index contributed by atoms with van der Waals surface area (Å²) in [5, 5.41) is 13.4. The molecular weight excluding hydrogens is 248 g/mol. The molecule has 0 bridgehead atoms. The standard InChI is InChI=1S/C12H18N4OS/c1-9(2)13-7-11-14-15-12(17-11)16(3)8-10-5-4-6-18-10/h4-6,9,13H,7-8H2,1-3H3. The summed E-state index contributed by atoms with van der Waals surface area (Å²) in [5.41, 5.74) is 0. The molecule has 0 saturated heterocycles. The van der Waals surface area contributed by atoms with Crippen molar-refractivity contribution in [2.45, 2.75) is 33.0 Å². The summed E-state index contributed by atoms with van der Waals surface area (Å²) in [6, 6.07) is 5.10. The number of hydrogen-bond acceptors (Lipinski definition) is 6. The predicted molar refractivity (Wildman–Crippen MR) is 72.7 cm³/mol. The molecule has 2 aromatic heterocycles. The third-order valence-corrected chi connectivity index (χ3v) is 3.28. The normalized spacial score (nSPS) is 11.1. The lowest BCUT2D eigenvalue weighted by molar-refractivity contribution is 0.449. The first-order valence-electron chi connectivity index (χ1n) is 5.94. The van der Waals surface area contributed by atoms with Gasteiger partial charge in [0, 0.05) is 18.0 Å². The minimum absolute atomic E-state index is 0.407. The van der Waals surface area contributed by atoms with Crippen molar-refractivity contribution in [3.8, 4) is 0 Å². The summed E-state index contributed by atoms with van der Waals surface area (Å²) in [7, 11) is 1.95. The number of thiophene rings is 1. The lowest BCUT2D eigenvalue weighted by Gasteiger charge is -2.11. The number of anilines is 1. The summed E-state index contributed by atoms with van der Waals surface area (Å²) >= 11 is 1.72. The van der Waals surface area contributed by atoms with E-state index >= 15 is 0 Å². The molecule has 0 spiro atoms. The number of nitrogens with zero attached hydrogens (tertiary/aromatic N) is 3. The highest BCUT2D eigenvalue weighted by atomic mass is 32.1. The van der Waals surface area contributed by atoms with Crippen LogP contribution in [-0.2, 0) is 13.1 Å². The summed E-state index contributed by atoms with van der Waals surface area (Å²) in [6.45, 7) is 5.56. The Balaban J connectivity index is 1.92. The van der Waals surface area contributed by atoms with Crippen molar-refractivity contribution >= 4 is 17.4 Å². The van der Waals surface area contributed by atoms with Crippen LogP contribution in [0.15, 0.2) is 21.9 Å². The number of nitrogens with one attached hydrogen (secondary N) is 1. The average Bonchev–Trinajstić information content (AvgIpc) is 2.96. The van der Waals surface area contributed by atoms with Crippen LogP contribution >= 0.6 is 11.3 Å². The average molecular weight is 266 g/mol. The monoisotopic (exact) mass is 266 g/mol. The van der Waals surface area contributed by atoms with Crippen LogP contribution in [0, 0.1) is 0 Å². The molecule has 0 saturated carbocycles. The van der Waals surface area contributed by atoms with E-state index in [1.165, 1.54) is 4.88 Å². The molecular formula is C12H18N4OS. The summed E-state index contributed by atoms with van der Waals surface area (Å²) in [6.07, 6.45) is 0. The van der Waals surface area contributed by atoms with E-state index in [0.29, 0.717) is 24.5 Å². The Hall–Kier alpha value is -1.40. The molecule has 0 fully saturated rings. The van der Waals surface area contributed by atoms with E-state index < -0.39 is 0 Å². The Morgan fingerprint density at radius 1 is 1.44 bits per heavy atom. The minimum atomic E-state index is 0.407. The molecule has 2 aromatic rings. The van der Waals surface area contributed by atoms with Gasteiger partial charge < -0.3 is 14.6 Å². The Morgan fingerprint density at radius 2 is 2.28 bits per heavy atom. The van der Waals surface area contributed by atoms with Crippen molar-refractivity contribution in [1.82, 2.24) is 15.5 Å². The van der Waals surface area contributed by atoms with Gasteiger partial charge in [-0.25, -0.2) is 0 Å². The fraction of sp³-hybridized carbons (Fsp3) is 0.500. The quantitative estimate of drug-likeness (QED) is 0.869. The van der Waals surface area contributed by atoms with Crippen LogP contribution in [0.5, 0.6) is 0 Å². The molecule has 0 unspecified atom stereocenters. The summed E-state index contributed by atoms with van der Waals surface area (Å²) in [4.78, 5) is 3.23. The van der Waals surface area contributed by atoms with E-state index in [4.69, 9.17) is 4.42 Å². The molecule has 0 aromatic carbocycles. The molecule has 0 aliphatic carbocycles. The number of rotatable bonds is 6. The number of aromatic nitrogens is 2. The van der Waals surface area contributed by atoms with Gasteiger partial charge in [0.2, 0.25) is 5.89 Å². The van der Waals surface area contributed by atoms with Gasteiger partial charge in [0.1, 0.15) is 0 Å². The van der Waals surface area contributed by atoms with Gasteiger partial charge in [-0.2, -0.15) is 0 Å². The molecule has 98 valence electrons. The van der Waals surface area contributed by atoms with E-state index in [9.17, 15) is 0 Å². The topological polar surface area (TPSA) is 54.2 Å². The maximum absolute atomic E-state index is 5.59. The van der Waals surface area contributed by atoms with Crippen LogP contribution in [-0.4, -0.2) is 23.3 Å². The molecule has 0 amide bonds. The molecule has 0 radical (unpaired) electrons. The molecule has 6 heteroatoms. The van der Waals surface area contributed by atoms with Crippen LogP contribution in [0.3, 0.4) is 0 Å². The van der Waals surface area contributed by atoms with Gasteiger partial charge in [-0.05, 0) is 11.4 Å². The molecule has 0 aliphatic heterocycles. The smallest absolute Gasteiger partial charge is 0.318 e. The Morgan fingerprint density at radius 3 is 2.94 bits per heavy atom. The van der Waals surface area contributed by atoms with E-state index in [0.717, 1.165) is 6.54 Å². The zero-order chi connectivity index (χ0) is 13.0. The molecule has 2 heterocycles. The molecule has 0 aliphatic rings. The molecule has 18 heavy (non-hydrogen) atoms. The summed E-state index contributed by atoms with van der Waals surface area (Å²) < 4.78 is 5.59. The van der Waals surface area contributed by atoms with Gasteiger partial charge in [0.25, 0.3) is 0 Å². The zero-order valence-corrected chi connectivity index (χ0v) is 11.7. The van der Waals surface area contributed by atoms with Crippen LogP contribution in [0.2, 0.25) is 0 Å². The SMILES string of the molecule is CC(C)NCc1nnc(N(C)Cc2cccs2)o1. The van der Waals surface area contributed by atoms with Crippen molar-refractivity contribution in [2.75, 3.05) is 11.9 Å². The fourth-order valence-electron chi connectivity index (χ4n) is 1.47. The lowest BCUT2D eigenvalue weighted by Crippen LogP contribution is -2.21. The third kappa shape index (κ3) is 3.54. The lowest BCUT2D eigenvalue weighted by atomic mass is 10.4. The van der Waals surface area contributed by atoms with Crippen LogP contribution < -0.4 is 10.2 Å². The first-order chi connectivity index (χ1) is 8.65. The summed E-state index contributed by atoms with van der Waals surface area (Å²) in [5.74, 6) is 0.622. The van der Waals surface area contributed by atoms with Gasteiger partial charge in [-0.3, -0.25) is 0 Å². The highest BCUT2D eigenvalue weighted by molar-refractivity contribution is 7.09. The first kappa shape index (κ1) is 13.0. The van der Waals surface area contributed by atoms with Crippen LogP contribution in [0.25, 0.3) is 0 Å². The van der Waals surface area contributed by atoms with Crippen molar-refractivity contribution in [3.63, 3.8) is 0 Å². The maximum atomic E-state index is 5.59. The second-order valence-corrected chi connectivity index (χ2v) is 5.48. The van der Waals surface area contributed by atoms with Crippen molar-refractivity contribution in [1.29, 1.82) is 0 Å². The van der Waals surface area contributed by atoms with Crippen molar-refractivity contribution < 1.29 is 4.42 Å². The Kier molecular flexibility index (Phi) is 4.33. The molecule has 1 N–H and O–H groups in total. The number of hydrogen-bond donors (Lipinski definition) is 1.